The fraction of sp³-hybridized carbons (Fsp3) is 0.348. The summed E-state index contributed by atoms with van der Waals surface area (Å²) in [6.45, 7) is 10.8. The molecule has 2 aromatic rings. The molecule has 0 aromatic heterocycles. The maximum absolute atomic E-state index is 12.6. The number of ether oxygens (including phenoxy) is 1. The minimum absolute atomic E-state index is 0.119. The van der Waals surface area contributed by atoms with Gasteiger partial charge in [0.25, 0.3) is 5.91 Å². The summed E-state index contributed by atoms with van der Waals surface area (Å²) in [6, 6.07) is 13.5. The van der Waals surface area contributed by atoms with E-state index in [1.807, 2.05) is 20.8 Å². The molecule has 2 aromatic carbocycles. The van der Waals surface area contributed by atoms with Gasteiger partial charge in [-0.15, -0.1) is 0 Å². The van der Waals surface area contributed by atoms with E-state index in [-0.39, 0.29) is 11.8 Å². The van der Waals surface area contributed by atoms with E-state index >= 15 is 0 Å². The number of carbonyl (C=O) groups is 3. The van der Waals surface area contributed by atoms with Crippen molar-refractivity contribution in [3.63, 3.8) is 0 Å². The van der Waals surface area contributed by atoms with Crippen molar-refractivity contribution in [3.05, 3.63) is 54.1 Å². The van der Waals surface area contributed by atoms with Gasteiger partial charge in [-0.3, -0.25) is 14.9 Å². The third-order valence-corrected chi connectivity index (χ3v) is 3.83. The Morgan fingerprint density at radius 2 is 1.27 bits per heavy atom. The first-order valence-electron chi connectivity index (χ1n) is 9.66. The summed E-state index contributed by atoms with van der Waals surface area (Å²) < 4.78 is 5.22. The molecule has 0 bridgehead atoms. The highest BCUT2D eigenvalue weighted by Gasteiger charge is 2.21. The van der Waals surface area contributed by atoms with Crippen molar-refractivity contribution in [1.82, 2.24) is 0 Å². The minimum Gasteiger partial charge on any atom is -0.444 e. The lowest BCUT2D eigenvalue weighted by molar-refractivity contribution is -0.123. The molecule has 0 unspecified atom stereocenters. The number of anilines is 3. The van der Waals surface area contributed by atoms with E-state index < -0.39 is 17.1 Å². The Bertz CT molecular complexity index is 940. The summed E-state index contributed by atoms with van der Waals surface area (Å²) in [6.07, 6.45) is -0.595. The van der Waals surface area contributed by atoms with Crippen LogP contribution in [-0.2, 0) is 9.53 Å². The second kappa shape index (κ2) is 8.98. The van der Waals surface area contributed by atoms with Gasteiger partial charge in [-0.2, -0.15) is 0 Å². The SMILES string of the molecule is CC(C)(C)OC(=O)Nc1cccc(C(=O)Nc2cccc(NC(=O)C(C)(C)C)c2)c1. The molecule has 0 heterocycles. The van der Waals surface area contributed by atoms with Crippen molar-refractivity contribution in [2.24, 2.45) is 5.41 Å². The van der Waals surface area contributed by atoms with Crippen LogP contribution < -0.4 is 16.0 Å². The van der Waals surface area contributed by atoms with Crippen LogP contribution in [0.25, 0.3) is 0 Å². The lowest BCUT2D eigenvalue weighted by Gasteiger charge is -2.19. The Morgan fingerprint density at radius 1 is 0.733 bits per heavy atom. The van der Waals surface area contributed by atoms with Crippen LogP contribution in [0, 0.1) is 5.41 Å². The predicted octanol–water partition coefficient (Wildman–Crippen LogP) is 5.27. The molecular formula is C23H29N3O4. The summed E-state index contributed by atoms with van der Waals surface area (Å²) in [7, 11) is 0. The molecule has 7 nitrogen and oxygen atoms in total. The van der Waals surface area contributed by atoms with E-state index in [2.05, 4.69) is 16.0 Å². The van der Waals surface area contributed by atoms with E-state index in [0.717, 1.165) is 0 Å². The Morgan fingerprint density at radius 3 is 1.83 bits per heavy atom. The van der Waals surface area contributed by atoms with E-state index in [0.29, 0.717) is 22.6 Å². The van der Waals surface area contributed by atoms with Gasteiger partial charge in [0.2, 0.25) is 5.91 Å². The van der Waals surface area contributed by atoms with Crippen molar-refractivity contribution < 1.29 is 19.1 Å². The summed E-state index contributed by atoms with van der Waals surface area (Å²) in [5.74, 6) is -0.464. The average molecular weight is 412 g/mol. The van der Waals surface area contributed by atoms with Crippen LogP contribution >= 0.6 is 0 Å². The normalized spacial score (nSPS) is 11.4. The number of rotatable bonds is 4. The molecule has 160 valence electrons. The smallest absolute Gasteiger partial charge is 0.412 e. The van der Waals surface area contributed by atoms with Crippen LogP contribution in [0.15, 0.2) is 48.5 Å². The molecule has 30 heavy (non-hydrogen) atoms. The topological polar surface area (TPSA) is 96.5 Å². The van der Waals surface area contributed by atoms with Crippen molar-refractivity contribution in [1.29, 1.82) is 0 Å². The largest absolute Gasteiger partial charge is 0.444 e. The molecule has 7 heteroatoms. The summed E-state index contributed by atoms with van der Waals surface area (Å²) in [5, 5.41) is 8.24. The van der Waals surface area contributed by atoms with E-state index in [9.17, 15) is 14.4 Å². The molecule has 0 saturated carbocycles. The average Bonchev–Trinajstić information content (AvgIpc) is 2.59. The highest BCUT2D eigenvalue weighted by atomic mass is 16.6. The quantitative estimate of drug-likeness (QED) is 0.638. The Hall–Kier alpha value is -3.35. The number of hydrogen-bond acceptors (Lipinski definition) is 4. The molecule has 0 radical (unpaired) electrons. The Balaban J connectivity index is 2.07. The number of nitrogens with one attached hydrogen (secondary N) is 3. The van der Waals surface area contributed by atoms with Gasteiger partial charge in [-0.05, 0) is 57.2 Å². The maximum Gasteiger partial charge on any atom is 0.412 e. The van der Waals surface area contributed by atoms with Crippen LogP contribution in [-0.4, -0.2) is 23.5 Å². The van der Waals surface area contributed by atoms with Crippen molar-refractivity contribution in [2.45, 2.75) is 47.1 Å². The van der Waals surface area contributed by atoms with Gasteiger partial charge in [-0.1, -0.05) is 32.9 Å². The summed E-state index contributed by atoms with van der Waals surface area (Å²) >= 11 is 0. The fourth-order valence-corrected chi connectivity index (χ4v) is 2.36. The molecule has 0 saturated heterocycles. The third kappa shape index (κ3) is 7.24. The van der Waals surface area contributed by atoms with Crippen molar-refractivity contribution in [3.8, 4) is 0 Å². The fourth-order valence-electron chi connectivity index (χ4n) is 2.36. The zero-order valence-electron chi connectivity index (χ0n) is 18.3. The first kappa shape index (κ1) is 22.9. The van der Waals surface area contributed by atoms with E-state index in [1.54, 1.807) is 69.3 Å². The molecule has 0 spiro atoms. The second-order valence-corrected chi connectivity index (χ2v) is 8.95. The minimum atomic E-state index is -0.619. The second-order valence-electron chi connectivity index (χ2n) is 8.95. The van der Waals surface area contributed by atoms with Gasteiger partial charge in [0.15, 0.2) is 0 Å². The van der Waals surface area contributed by atoms with Gasteiger partial charge in [-0.25, -0.2) is 4.79 Å². The lowest BCUT2D eigenvalue weighted by Crippen LogP contribution is -2.27. The van der Waals surface area contributed by atoms with Gasteiger partial charge < -0.3 is 15.4 Å². The van der Waals surface area contributed by atoms with Gasteiger partial charge in [0, 0.05) is 28.0 Å². The highest BCUT2D eigenvalue weighted by Crippen LogP contribution is 2.21. The first-order valence-corrected chi connectivity index (χ1v) is 9.66. The number of hydrogen-bond donors (Lipinski definition) is 3. The van der Waals surface area contributed by atoms with Crippen molar-refractivity contribution in [2.75, 3.05) is 16.0 Å². The van der Waals surface area contributed by atoms with Gasteiger partial charge >= 0.3 is 6.09 Å². The molecule has 0 aliphatic heterocycles. The van der Waals surface area contributed by atoms with Crippen LogP contribution in [0.5, 0.6) is 0 Å². The van der Waals surface area contributed by atoms with Crippen LogP contribution in [0.2, 0.25) is 0 Å². The predicted molar refractivity (Wildman–Crippen MR) is 119 cm³/mol. The molecule has 0 fully saturated rings. The molecule has 0 atom stereocenters. The Labute approximate surface area is 177 Å². The van der Waals surface area contributed by atoms with E-state index in [1.165, 1.54) is 0 Å². The molecule has 0 aliphatic carbocycles. The monoisotopic (exact) mass is 411 g/mol. The summed E-state index contributed by atoms with van der Waals surface area (Å²) in [4.78, 5) is 36.7. The number of amides is 3. The highest BCUT2D eigenvalue weighted by molar-refractivity contribution is 6.05. The maximum atomic E-state index is 12.6. The molecule has 2 rings (SSSR count). The van der Waals surface area contributed by atoms with E-state index in [4.69, 9.17) is 4.74 Å². The van der Waals surface area contributed by atoms with Gasteiger partial charge in [0.05, 0.1) is 0 Å². The lowest BCUT2D eigenvalue weighted by atomic mass is 9.95. The Kier molecular flexibility index (Phi) is 6.87. The number of benzene rings is 2. The zero-order valence-corrected chi connectivity index (χ0v) is 18.3. The zero-order chi connectivity index (χ0) is 22.5. The molecular weight excluding hydrogens is 382 g/mol. The first-order chi connectivity index (χ1) is 13.8. The number of carbonyl (C=O) groups excluding carboxylic acids is 3. The molecule has 0 aliphatic rings. The molecule has 3 N–H and O–H groups in total. The van der Waals surface area contributed by atoms with Crippen molar-refractivity contribution >= 4 is 35.0 Å². The molecule has 3 amide bonds. The van der Waals surface area contributed by atoms with Crippen LogP contribution in [0.3, 0.4) is 0 Å². The van der Waals surface area contributed by atoms with Crippen LogP contribution in [0.1, 0.15) is 51.9 Å². The standard InChI is InChI=1S/C23H29N3O4/c1-22(2,3)20(28)25-18-12-8-11-17(14-18)24-19(27)15-9-7-10-16(13-15)26-21(29)30-23(4,5)6/h7-14H,1-6H3,(H,24,27)(H,25,28)(H,26,29). The summed E-state index contributed by atoms with van der Waals surface area (Å²) in [5.41, 5.74) is 0.800. The van der Waals surface area contributed by atoms with Crippen LogP contribution in [0.4, 0.5) is 21.9 Å². The third-order valence-electron chi connectivity index (χ3n) is 3.83. The van der Waals surface area contributed by atoms with Gasteiger partial charge in [0.1, 0.15) is 5.60 Å².